The number of aromatic nitrogens is 1. The number of carbonyl (C=O) groups is 3. The summed E-state index contributed by atoms with van der Waals surface area (Å²) in [6.45, 7) is 7.53. The monoisotopic (exact) mass is 386 g/mol. The zero-order valence-electron chi connectivity index (χ0n) is 16.7. The molecule has 28 heavy (non-hydrogen) atoms. The largest absolute Gasteiger partial charge is 0.494 e. The molecular formula is C21H26N2O5. The van der Waals surface area contributed by atoms with Gasteiger partial charge in [-0.25, -0.2) is 0 Å². The van der Waals surface area contributed by atoms with Crippen LogP contribution in [0.4, 0.5) is 0 Å². The summed E-state index contributed by atoms with van der Waals surface area (Å²) in [6.07, 6.45) is 0.0259. The van der Waals surface area contributed by atoms with Gasteiger partial charge in [0.05, 0.1) is 13.0 Å². The number of benzene rings is 1. The molecule has 0 aliphatic rings. The summed E-state index contributed by atoms with van der Waals surface area (Å²) in [5, 5.41) is 2.51. The second kappa shape index (κ2) is 9.73. The Morgan fingerprint density at radius 1 is 1.11 bits per heavy atom. The summed E-state index contributed by atoms with van der Waals surface area (Å²) in [5.74, 6) is -0.220. The van der Waals surface area contributed by atoms with Gasteiger partial charge in [-0.2, -0.15) is 0 Å². The number of ketones is 1. The molecule has 150 valence electrons. The molecule has 0 fully saturated rings. The number of hydrogen-bond donors (Lipinski definition) is 1. The van der Waals surface area contributed by atoms with Crippen LogP contribution in [0.15, 0.2) is 30.3 Å². The Labute approximate surface area is 164 Å². The molecule has 0 bridgehead atoms. The average Bonchev–Trinajstić information content (AvgIpc) is 2.95. The van der Waals surface area contributed by atoms with Gasteiger partial charge >= 0.3 is 5.97 Å². The Hall–Kier alpha value is -3.09. The predicted octanol–water partition coefficient (Wildman–Crippen LogP) is 2.74. The van der Waals surface area contributed by atoms with Crippen LogP contribution in [0.5, 0.6) is 5.75 Å². The van der Waals surface area contributed by atoms with Crippen molar-refractivity contribution in [3.8, 4) is 11.4 Å². The Morgan fingerprint density at radius 2 is 1.79 bits per heavy atom. The molecule has 0 unspecified atom stereocenters. The van der Waals surface area contributed by atoms with Gasteiger partial charge in [0, 0.05) is 36.1 Å². The van der Waals surface area contributed by atoms with Crippen LogP contribution in [-0.4, -0.2) is 42.0 Å². The first kappa shape index (κ1) is 21.2. The van der Waals surface area contributed by atoms with Gasteiger partial charge in [-0.3, -0.25) is 14.4 Å². The first-order chi connectivity index (χ1) is 13.3. The first-order valence-electron chi connectivity index (χ1n) is 9.19. The van der Waals surface area contributed by atoms with Gasteiger partial charge in [0.25, 0.3) is 0 Å². The van der Waals surface area contributed by atoms with E-state index in [2.05, 4.69) is 5.32 Å². The predicted molar refractivity (Wildman–Crippen MR) is 105 cm³/mol. The second-order valence-electron chi connectivity index (χ2n) is 6.36. The fraction of sp³-hybridized carbons (Fsp3) is 0.381. The van der Waals surface area contributed by atoms with Crippen LogP contribution < -0.4 is 10.1 Å². The zero-order chi connectivity index (χ0) is 20.7. The molecule has 0 radical (unpaired) electrons. The molecule has 7 nitrogen and oxygen atoms in total. The van der Waals surface area contributed by atoms with Crippen molar-refractivity contribution in [2.75, 3.05) is 19.8 Å². The molecule has 7 heteroatoms. The van der Waals surface area contributed by atoms with E-state index in [-0.39, 0.29) is 31.3 Å². The number of rotatable bonds is 9. The fourth-order valence-corrected chi connectivity index (χ4v) is 2.94. The normalized spacial score (nSPS) is 10.4. The number of hydrogen-bond acceptors (Lipinski definition) is 5. The molecule has 2 rings (SSSR count). The van der Waals surface area contributed by atoms with Crippen LogP contribution in [0.3, 0.4) is 0 Å². The van der Waals surface area contributed by atoms with E-state index >= 15 is 0 Å². The van der Waals surface area contributed by atoms with Crippen molar-refractivity contribution >= 4 is 17.7 Å². The molecule has 1 aromatic heterocycles. The molecule has 0 atom stereocenters. The molecular weight excluding hydrogens is 360 g/mol. The molecule has 0 aliphatic carbocycles. The smallest absolute Gasteiger partial charge is 0.308 e. The van der Waals surface area contributed by atoms with Gasteiger partial charge in [0.1, 0.15) is 5.75 Å². The maximum Gasteiger partial charge on any atom is 0.308 e. The lowest BCUT2D eigenvalue weighted by Gasteiger charge is -2.11. The Kier molecular flexibility index (Phi) is 7.37. The molecule has 1 amide bonds. The van der Waals surface area contributed by atoms with E-state index in [1.54, 1.807) is 6.07 Å². The minimum atomic E-state index is -0.526. The highest BCUT2D eigenvalue weighted by atomic mass is 16.5. The van der Waals surface area contributed by atoms with E-state index in [0.717, 1.165) is 22.8 Å². The average molecular weight is 386 g/mol. The van der Waals surface area contributed by atoms with Crippen molar-refractivity contribution in [3.63, 3.8) is 0 Å². The van der Waals surface area contributed by atoms with E-state index < -0.39 is 5.97 Å². The fourth-order valence-electron chi connectivity index (χ4n) is 2.94. The minimum absolute atomic E-state index is 0.0259. The number of esters is 1. The molecule has 1 aromatic carbocycles. The molecule has 0 saturated heterocycles. The van der Waals surface area contributed by atoms with Crippen molar-refractivity contribution in [1.29, 1.82) is 0 Å². The third-order valence-corrected chi connectivity index (χ3v) is 4.20. The highest BCUT2D eigenvalue weighted by molar-refractivity contribution is 5.99. The van der Waals surface area contributed by atoms with Crippen molar-refractivity contribution in [2.24, 2.45) is 0 Å². The summed E-state index contributed by atoms with van der Waals surface area (Å²) in [6, 6.07) is 9.42. The summed E-state index contributed by atoms with van der Waals surface area (Å²) >= 11 is 0. The summed E-state index contributed by atoms with van der Waals surface area (Å²) in [5.41, 5.74) is 3.12. The van der Waals surface area contributed by atoms with E-state index in [1.807, 2.05) is 49.6 Å². The Balaban J connectivity index is 2.04. The topological polar surface area (TPSA) is 86.6 Å². The van der Waals surface area contributed by atoms with Crippen LogP contribution in [0, 0.1) is 13.8 Å². The van der Waals surface area contributed by atoms with Gasteiger partial charge in [0.2, 0.25) is 11.7 Å². The number of ether oxygens (including phenoxy) is 2. The standard InChI is InChI=1S/C21H26N2O5/c1-5-27-18-8-6-17(7-9-18)23-14(2)12-19(15(23)3)20(25)13-28-21(26)10-11-22-16(4)24/h6-9,12H,5,10-11,13H2,1-4H3,(H,22,24). The number of amides is 1. The van der Waals surface area contributed by atoms with Crippen LogP contribution in [-0.2, 0) is 14.3 Å². The van der Waals surface area contributed by atoms with Crippen LogP contribution in [0.25, 0.3) is 5.69 Å². The minimum Gasteiger partial charge on any atom is -0.494 e. The highest BCUT2D eigenvalue weighted by Crippen LogP contribution is 2.23. The number of carbonyl (C=O) groups excluding carboxylic acids is 3. The lowest BCUT2D eigenvalue weighted by Crippen LogP contribution is -2.24. The van der Waals surface area contributed by atoms with Crippen LogP contribution in [0.2, 0.25) is 0 Å². The third kappa shape index (κ3) is 5.45. The molecule has 1 N–H and O–H groups in total. The number of aryl methyl sites for hydroxylation is 1. The van der Waals surface area contributed by atoms with Gasteiger partial charge in [-0.05, 0) is 51.1 Å². The quantitative estimate of drug-likeness (QED) is 0.529. The molecule has 0 saturated carbocycles. The lowest BCUT2D eigenvalue weighted by atomic mass is 10.1. The third-order valence-electron chi connectivity index (χ3n) is 4.20. The maximum atomic E-state index is 12.5. The van der Waals surface area contributed by atoms with Gasteiger partial charge in [-0.1, -0.05) is 0 Å². The number of Topliss-reactive ketones (excluding diaryl/α,β-unsaturated/α-hetero) is 1. The lowest BCUT2D eigenvalue weighted by molar-refractivity contribution is -0.142. The van der Waals surface area contributed by atoms with E-state index in [0.29, 0.717) is 12.2 Å². The van der Waals surface area contributed by atoms with Gasteiger partial charge in [-0.15, -0.1) is 0 Å². The molecule has 1 heterocycles. The highest BCUT2D eigenvalue weighted by Gasteiger charge is 2.18. The van der Waals surface area contributed by atoms with Crippen molar-refractivity contribution in [2.45, 2.75) is 34.1 Å². The Morgan fingerprint density at radius 3 is 2.39 bits per heavy atom. The molecule has 0 spiro atoms. The van der Waals surface area contributed by atoms with E-state index in [9.17, 15) is 14.4 Å². The first-order valence-corrected chi connectivity index (χ1v) is 9.19. The van der Waals surface area contributed by atoms with E-state index in [1.165, 1.54) is 6.92 Å². The van der Waals surface area contributed by atoms with Crippen molar-refractivity contribution in [1.82, 2.24) is 9.88 Å². The number of nitrogens with zero attached hydrogens (tertiary/aromatic N) is 1. The summed E-state index contributed by atoms with van der Waals surface area (Å²) < 4.78 is 12.5. The zero-order valence-corrected chi connectivity index (χ0v) is 16.7. The molecule has 2 aromatic rings. The van der Waals surface area contributed by atoms with Crippen molar-refractivity contribution in [3.05, 3.63) is 47.3 Å². The summed E-state index contributed by atoms with van der Waals surface area (Å²) in [7, 11) is 0. The van der Waals surface area contributed by atoms with Gasteiger partial charge in [0.15, 0.2) is 6.61 Å². The van der Waals surface area contributed by atoms with Crippen LogP contribution in [0.1, 0.15) is 42.0 Å². The Bertz CT molecular complexity index is 852. The molecule has 0 aliphatic heterocycles. The van der Waals surface area contributed by atoms with Gasteiger partial charge < -0.3 is 19.4 Å². The van der Waals surface area contributed by atoms with Crippen LogP contribution >= 0.6 is 0 Å². The summed E-state index contributed by atoms with van der Waals surface area (Å²) in [4.78, 5) is 35.0. The maximum absolute atomic E-state index is 12.5. The van der Waals surface area contributed by atoms with Crippen molar-refractivity contribution < 1.29 is 23.9 Å². The second-order valence-corrected chi connectivity index (χ2v) is 6.36. The SMILES string of the molecule is CCOc1ccc(-n2c(C)cc(C(=O)COC(=O)CCNC(C)=O)c2C)cc1. The number of nitrogens with one attached hydrogen (secondary N) is 1. The van der Waals surface area contributed by atoms with E-state index in [4.69, 9.17) is 9.47 Å².